The Balaban J connectivity index is 1.56. The van der Waals surface area contributed by atoms with E-state index in [0.29, 0.717) is 16.8 Å². The summed E-state index contributed by atoms with van der Waals surface area (Å²) in [7, 11) is 0. The summed E-state index contributed by atoms with van der Waals surface area (Å²) in [4.78, 5) is 29.3. The first-order valence-electron chi connectivity index (χ1n) is 9.41. The van der Waals surface area contributed by atoms with Crippen LogP contribution in [0.2, 0.25) is 0 Å². The van der Waals surface area contributed by atoms with Gasteiger partial charge < -0.3 is 14.6 Å². The molecular formula is C21H21N3O4. The summed E-state index contributed by atoms with van der Waals surface area (Å²) >= 11 is 0. The molecule has 0 atom stereocenters. The molecule has 1 saturated carbocycles. The van der Waals surface area contributed by atoms with Gasteiger partial charge in [0.15, 0.2) is 6.61 Å². The quantitative estimate of drug-likeness (QED) is 0.683. The zero-order valence-electron chi connectivity index (χ0n) is 15.6. The Kier molecular flexibility index (Phi) is 5.06. The molecule has 0 unspecified atom stereocenters. The van der Waals surface area contributed by atoms with Crippen molar-refractivity contribution in [2.24, 2.45) is 0 Å². The summed E-state index contributed by atoms with van der Waals surface area (Å²) in [6.45, 7) is 1.42. The van der Waals surface area contributed by atoms with E-state index >= 15 is 0 Å². The molecule has 28 heavy (non-hydrogen) atoms. The monoisotopic (exact) mass is 379 g/mol. The van der Waals surface area contributed by atoms with Crippen molar-refractivity contribution in [2.75, 3.05) is 6.61 Å². The Morgan fingerprint density at radius 3 is 2.71 bits per heavy atom. The molecule has 1 aliphatic carbocycles. The maximum atomic E-state index is 12.7. The third-order valence-electron chi connectivity index (χ3n) is 4.96. The number of ether oxygens (including phenoxy) is 1. The van der Waals surface area contributed by atoms with Crippen LogP contribution in [-0.4, -0.2) is 34.7 Å². The van der Waals surface area contributed by atoms with Gasteiger partial charge in [-0.3, -0.25) is 4.79 Å². The number of aromatic nitrogens is 2. The molecule has 1 aliphatic rings. The lowest BCUT2D eigenvalue weighted by atomic mass is 10.1. The summed E-state index contributed by atoms with van der Waals surface area (Å²) < 4.78 is 10.5. The second-order valence-corrected chi connectivity index (χ2v) is 6.99. The topological polar surface area (TPSA) is 94.3 Å². The van der Waals surface area contributed by atoms with Crippen LogP contribution in [0, 0.1) is 6.92 Å². The minimum Gasteiger partial charge on any atom is -0.452 e. The van der Waals surface area contributed by atoms with Crippen molar-refractivity contribution >= 4 is 23.0 Å². The number of rotatable bonds is 5. The van der Waals surface area contributed by atoms with Crippen molar-refractivity contribution in [3.8, 4) is 11.3 Å². The van der Waals surface area contributed by atoms with E-state index in [2.05, 4.69) is 15.5 Å². The van der Waals surface area contributed by atoms with Crippen LogP contribution in [0.25, 0.3) is 22.4 Å². The number of esters is 1. The van der Waals surface area contributed by atoms with Gasteiger partial charge in [-0.25, -0.2) is 9.78 Å². The molecule has 1 N–H and O–H groups in total. The van der Waals surface area contributed by atoms with E-state index in [-0.39, 0.29) is 29.8 Å². The van der Waals surface area contributed by atoms with Crippen molar-refractivity contribution in [3.05, 3.63) is 47.7 Å². The minimum absolute atomic E-state index is 0.184. The lowest BCUT2D eigenvalue weighted by Gasteiger charge is -2.12. The van der Waals surface area contributed by atoms with Crippen molar-refractivity contribution in [3.63, 3.8) is 0 Å². The molecule has 4 rings (SSSR count). The van der Waals surface area contributed by atoms with E-state index in [0.717, 1.165) is 31.2 Å². The molecule has 0 spiro atoms. The zero-order valence-corrected chi connectivity index (χ0v) is 15.6. The number of nitrogens with zero attached hydrogens (tertiary/aromatic N) is 2. The highest BCUT2D eigenvalue weighted by Crippen LogP contribution is 2.27. The highest BCUT2D eigenvalue weighted by molar-refractivity contribution is 6.04. The highest BCUT2D eigenvalue weighted by atomic mass is 16.5. The Morgan fingerprint density at radius 1 is 1.21 bits per heavy atom. The number of carbonyl (C=O) groups is 2. The number of fused-ring (bicyclic) bond motifs is 1. The molecule has 0 saturated heterocycles. The van der Waals surface area contributed by atoms with Crippen molar-refractivity contribution in [1.29, 1.82) is 0 Å². The maximum Gasteiger partial charge on any atom is 0.339 e. The second-order valence-electron chi connectivity index (χ2n) is 6.99. The van der Waals surface area contributed by atoms with E-state index in [1.807, 2.05) is 30.3 Å². The van der Waals surface area contributed by atoms with Crippen LogP contribution in [-0.2, 0) is 9.53 Å². The van der Waals surface area contributed by atoms with E-state index in [9.17, 15) is 9.59 Å². The predicted molar refractivity (Wildman–Crippen MR) is 103 cm³/mol. The predicted octanol–water partition coefficient (Wildman–Crippen LogP) is 3.41. The summed E-state index contributed by atoms with van der Waals surface area (Å²) in [5.74, 6) is -0.881. The van der Waals surface area contributed by atoms with Gasteiger partial charge in [0.2, 0.25) is 0 Å². The van der Waals surface area contributed by atoms with E-state index in [4.69, 9.17) is 9.26 Å². The maximum absolute atomic E-state index is 12.7. The fourth-order valence-electron chi connectivity index (χ4n) is 3.56. The summed E-state index contributed by atoms with van der Waals surface area (Å²) in [6.07, 6.45) is 4.19. The number of aryl methyl sites for hydroxylation is 1. The van der Waals surface area contributed by atoms with Gasteiger partial charge in [-0.2, -0.15) is 0 Å². The summed E-state index contributed by atoms with van der Waals surface area (Å²) in [5.41, 5.74) is 2.51. The number of amides is 1. The first-order valence-corrected chi connectivity index (χ1v) is 9.41. The number of nitrogens with one attached hydrogen (secondary N) is 1. The molecule has 7 nitrogen and oxygen atoms in total. The average molecular weight is 379 g/mol. The molecule has 0 radical (unpaired) electrons. The van der Waals surface area contributed by atoms with Gasteiger partial charge in [0, 0.05) is 11.6 Å². The number of pyridine rings is 1. The van der Waals surface area contributed by atoms with E-state index in [1.165, 1.54) is 0 Å². The lowest BCUT2D eigenvalue weighted by Crippen LogP contribution is -2.35. The Morgan fingerprint density at radius 2 is 1.96 bits per heavy atom. The minimum atomic E-state index is -0.600. The van der Waals surface area contributed by atoms with Crippen LogP contribution in [0.1, 0.15) is 41.7 Å². The highest BCUT2D eigenvalue weighted by Gasteiger charge is 2.22. The Bertz CT molecular complexity index is 1010. The summed E-state index contributed by atoms with van der Waals surface area (Å²) in [5, 5.41) is 7.32. The average Bonchev–Trinajstić information content (AvgIpc) is 3.36. The van der Waals surface area contributed by atoms with Gasteiger partial charge in [0.05, 0.1) is 22.3 Å². The van der Waals surface area contributed by atoms with Crippen LogP contribution < -0.4 is 5.32 Å². The third-order valence-corrected chi connectivity index (χ3v) is 4.96. The molecule has 2 heterocycles. The van der Waals surface area contributed by atoms with Crippen LogP contribution >= 0.6 is 0 Å². The van der Waals surface area contributed by atoms with E-state index < -0.39 is 5.97 Å². The summed E-state index contributed by atoms with van der Waals surface area (Å²) in [6, 6.07) is 11.3. The van der Waals surface area contributed by atoms with Crippen molar-refractivity contribution < 1.29 is 18.8 Å². The first-order chi connectivity index (χ1) is 13.6. The largest absolute Gasteiger partial charge is 0.452 e. The fourth-order valence-corrected chi connectivity index (χ4v) is 3.56. The van der Waals surface area contributed by atoms with E-state index in [1.54, 1.807) is 13.0 Å². The molecule has 0 aliphatic heterocycles. The molecule has 3 aromatic rings. The SMILES string of the molecule is Cc1noc2nc(-c3ccccc3)cc(C(=O)OCC(=O)NC3CCCC3)c12. The van der Waals surface area contributed by atoms with Gasteiger partial charge in [0.1, 0.15) is 0 Å². The molecule has 1 amide bonds. The molecule has 2 aromatic heterocycles. The second kappa shape index (κ2) is 7.80. The normalized spacial score (nSPS) is 14.3. The standard InChI is InChI=1S/C21H21N3O4/c1-13-19-16(21(26)27-12-18(25)22-15-9-5-6-10-15)11-17(23-20(19)28-24-13)14-7-3-2-4-8-14/h2-4,7-8,11,15H,5-6,9-10,12H2,1H3,(H,22,25). The Labute approximate surface area is 162 Å². The van der Waals surface area contributed by atoms with Gasteiger partial charge >= 0.3 is 5.97 Å². The molecular weight excluding hydrogens is 358 g/mol. The van der Waals surface area contributed by atoms with Crippen LogP contribution in [0.4, 0.5) is 0 Å². The molecule has 144 valence electrons. The van der Waals surface area contributed by atoms with Crippen LogP contribution in [0.3, 0.4) is 0 Å². The van der Waals surface area contributed by atoms with Crippen LogP contribution in [0.15, 0.2) is 40.9 Å². The third kappa shape index (κ3) is 3.74. The van der Waals surface area contributed by atoms with Crippen molar-refractivity contribution in [1.82, 2.24) is 15.5 Å². The van der Waals surface area contributed by atoms with Gasteiger partial charge in [-0.15, -0.1) is 0 Å². The van der Waals surface area contributed by atoms with Gasteiger partial charge in [0.25, 0.3) is 11.6 Å². The molecule has 1 aromatic carbocycles. The molecule has 1 fully saturated rings. The number of benzene rings is 1. The lowest BCUT2D eigenvalue weighted by molar-refractivity contribution is -0.124. The fraction of sp³-hybridized carbons (Fsp3) is 0.333. The number of hydrogen-bond donors (Lipinski definition) is 1. The first kappa shape index (κ1) is 18.2. The van der Waals surface area contributed by atoms with Gasteiger partial charge in [-0.1, -0.05) is 48.3 Å². The molecule has 0 bridgehead atoms. The molecule has 7 heteroatoms. The zero-order chi connectivity index (χ0) is 19.5. The van der Waals surface area contributed by atoms with Crippen molar-refractivity contribution in [2.45, 2.75) is 38.6 Å². The Hall–Kier alpha value is -3.22. The number of carbonyl (C=O) groups excluding carboxylic acids is 2. The van der Waals surface area contributed by atoms with Gasteiger partial charge in [-0.05, 0) is 25.8 Å². The van der Waals surface area contributed by atoms with Crippen LogP contribution in [0.5, 0.6) is 0 Å². The number of hydrogen-bond acceptors (Lipinski definition) is 6. The smallest absolute Gasteiger partial charge is 0.339 e.